The molecule has 1 heterocycles. The highest BCUT2D eigenvalue weighted by atomic mass is 16.7. The molecule has 0 unspecified atom stereocenters. The lowest BCUT2D eigenvalue weighted by atomic mass is 9.79. The Kier molecular flexibility index (Phi) is 6.89. The van der Waals surface area contributed by atoms with E-state index in [1.807, 2.05) is 82.3 Å². The van der Waals surface area contributed by atoms with E-state index in [1.165, 1.54) is 0 Å². The Labute approximate surface area is 180 Å². The second-order valence-electron chi connectivity index (χ2n) is 8.79. The summed E-state index contributed by atoms with van der Waals surface area (Å²) >= 11 is 0. The molecule has 0 spiro atoms. The number of hydrogen-bond acceptors (Lipinski definition) is 4. The number of carbonyl (C=O) groups excluding carboxylic acids is 1. The highest BCUT2D eigenvalue weighted by Gasteiger charge is 2.51. The number of ether oxygens (including phenoxy) is 1. The molecule has 0 N–H and O–H groups in total. The van der Waals surface area contributed by atoms with Gasteiger partial charge in [-0.15, -0.1) is 0 Å². The van der Waals surface area contributed by atoms with E-state index >= 15 is 0 Å². The number of amides is 1. The van der Waals surface area contributed by atoms with Crippen molar-refractivity contribution in [1.82, 2.24) is 4.90 Å². The van der Waals surface area contributed by atoms with Gasteiger partial charge in [0, 0.05) is 13.1 Å². The van der Waals surface area contributed by atoms with Crippen LogP contribution < -0.4 is 5.46 Å². The molecule has 2 aromatic rings. The first-order valence-electron chi connectivity index (χ1n) is 10.6. The summed E-state index contributed by atoms with van der Waals surface area (Å²) in [4.78, 5) is 14.3. The lowest BCUT2D eigenvalue weighted by Gasteiger charge is -2.32. The minimum absolute atomic E-state index is 0.279. The number of benzene rings is 2. The van der Waals surface area contributed by atoms with Gasteiger partial charge in [0.1, 0.15) is 6.61 Å². The molecule has 3 rings (SSSR count). The van der Waals surface area contributed by atoms with Crippen LogP contribution in [0.3, 0.4) is 0 Å². The molecule has 5 nitrogen and oxygen atoms in total. The highest BCUT2D eigenvalue weighted by molar-refractivity contribution is 6.62. The molecule has 0 radical (unpaired) electrons. The van der Waals surface area contributed by atoms with Crippen molar-refractivity contribution in [3.8, 4) is 0 Å². The maximum absolute atomic E-state index is 12.6. The smallest absolute Gasteiger partial charge is 0.445 e. The van der Waals surface area contributed by atoms with Crippen molar-refractivity contribution in [1.29, 1.82) is 0 Å². The number of rotatable bonds is 7. The van der Waals surface area contributed by atoms with E-state index in [4.69, 9.17) is 14.0 Å². The lowest BCUT2D eigenvalue weighted by molar-refractivity contribution is 0.00578. The van der Waals surface area contributed by atoms with Crippen LogP contribution in [-0.2, 0) is 27.2 Å². The molecule has 1 saturated heterocycles. The normalized spacial score (nSPS) is 17.0. The van der Waals surface area contributed by atoms with Gasteiger partial charge in [-0.2, -0.15) is 0 Å². The number of carbonyl (C=O) groups is 1. The molecule has 0 aliphatic carbocycles. The third-order valence-corrected chi connectivity index (χ3v) is 5.84. The Morgan fingerprint density at radius 1 is 0.933 bits per heavy atom. The van der Waals surface area contributed by atoms with Crippen molar-refractivity contribution >= 4 is 18.7 Å². The lowest BCUT2D eigenvalue weighted by Crippen LogP contribution is -2.41. The van der Waals surface area contributed by atoms with Crippen molar-refractivity contribution in [3.05, 3.63) is 65.7 Å². The van der Waals surface area contributed by atoms with Crippen molar-refractivity contribution in [2.45, 2.75) is 65.4 Å². The fourth-order valence-electron chi connectivity index (χ4n) is 3.30. The molecule has 0 aromatic heterocycles. The summed E-state index contributed by atoms with van der Waals surface area (Å²) in [6, 6.07) is 17.8. The van der Waals surface area contributed by atoms with Crippen LogP contribution >= 0.6 is 0 Å². The summed E-state index contributed by atoms with van der Waals surface area (Å²) < 4.78 is 17.7. The minimum atomic E-state index is -0.383. The van der Waals surface area contributed by atoms with Crippen LogP contribution in [0.4, 0.5) is 4.79 Å². The monoisotopic (exact) mass is 409 g/mol. The quantitative estimate of drug-likeness (QED) is 0.631. The van der Waals surface area contributed by atoms with Crippen LogP contribution in [0.2, 0.25) is 0 Å². The summed E-state index contributed by atoms with van der Waals surface area (Å²) in [7, 11) is -0.383. The van der Waals surface area contributed by atoms with E-state index in [0.717, 1.165) is 23.0 Å². The van der Waals surface area contributed by atoms with Crippen molar-refractivity contribution in [2.24, 2.45) is 0 Å². The van der Waals surface area contributed by atoms with Gasteiger partial charge in [0.2, 0.25) is 0 Å². The van der Waals surface area contributed by atoms with Gasteiger partial charge < -0.3 is 18.9 Å². The topological polar surface area (TPSA) is 48.0 Å². The zero-order valence-corrected chi connectivity index (χ0v) is 18.7. The molecule has 0 atom stereocenters. The molecule has 6 heteroatoms. The number of nitrogens with zero attached hydrogens (tertiary/aromatic N) is 1. The van der Waals surface area contributed by atoms with Gasteiger partial charge in [-0.1, -0.05) is 61.5 Å². The summed E-state index contributed by atoms with van der Waals surface area (Å²) in [5, 5.41) is 0. The van der Waals surface area contributed by atoms with E-state index < -0.39 is 0 Å². The Morgan fingerprint density at radius 3 is 2.10 bits per heavy atom. The maximum atomic E-state index is 12.6. The average Bonchev–Trinajstić information content (AvgIpc) is 2.94. The van der Waals surface area contributed by atoms with Crippen LogP contribution in [0, 0.1) is 0 Å². The largest absolute Gasteiger partial charge is 0.494 e. The van der Waals surface area contributed by atoms with Crippen molar-refractivity contribution in [2.75, 3.05) is 6.54 Å². The predicted molar refractivity (Wildman–Crippen MR) is 119 cm³/mol. The van der Waals surface area contributed by atoms with Crippen LogP contribution in [-0.4, -0.2) is 35.9 Å². The molecule has 1 amide bonds. The van der Waals surface area contributed by atoms with Crippen molar-refractivity contribution in [3.63, 3.8) is 0 Å². The first-order valence-corrected chi connectivity index (χ1v) is 10.6. The van der Waals surface area contributed by atoms with Gasteiger partial charge in [-0.05, 0) is 50.7 Å². The van der Waals surface area contributed by atoms with Gasteiger partial charge in [0.05, 0.1) is 11.2 Å². The first kappa shape index (κ1) is 22.4. The van der Waals surface area contributed by atoms with E-state index in [2.05, 4.69) is 6.92 Å². The van der Waals surface area contributed by atoms with Gasteiger partial charge in [0.15, 0.2) is 0 Å². The Balaban J connectivity index is 1.61. The van der Waals surface area contributed by atoms with Crippen LogP contribution in [0.25, 0.3) is 0 Å². The maximum Gasteiger partial charge on any atom is 0.494 e. The average molecular weight is 409 g/mol. The minimum Gasteiger partial charge on any atom is -0.445 e. The Morgan fingerprint density at radius 2 is 1.53 bits per heavy atom. The fourth-order valence-corrected chi connectivity index (χ4v) is 3.30. The predicted octanol–water partition coefficient (Wildman–Crippen LogP) is 4.53. The zero-order chi connectivity index (χ0) is 21.8. The second kappa shape index (κ2) is 9.23. The second-order valence-corrected chi connectivity index (χ2v) is 8.79. The summed E-state index contributed by atoms with van der Waals surface area (Å²) in [5.74, 6) is 0. The fraction of sp³-hybridized carbons (Fsp3) is 0.458. The third kappa shape index (κ3) is 5.24. The standard InChI is InChI=1S/C24H32BNO4/c1-6-16-26(22(27)28-18-20-10-8-7-9-11-20)17-19-12-14-21(15-13-19)25-29-23(2,3)24(4,5)30-25/h7-15H,6,16-18H2,1-5H3. The molecule has 1 fully saturated rings. The first-order chi connectivity index (χ1) is 14.2. The van der Waals surface area contributed by atoms with Crippen molar-refractivity contribution < 1.29 is 18.8 Å². The van der Waals surface area contributed by atoms with Crippen LogP contribution in [0.5, 0.6) is 0 Å². The van der Waals surface area contributed by atoms with Gasteiger partial charge in [-0.3, -0.25) is 0 Å². The molecule has 0 bridgehead atoms. The zero-order valence-electron chi connectivity index (χ0n) is 18.7. The number of hydrogen-bond donors (Lipinski definition) is 0. The molecule has 30 heavy (non-hydrogen) atoms. The third-order valence-electron chi connectivity index (χ3n) is 5.84. The molecule has 1 aliphatic rings. The highest BCUT2D eigenvalue weighted by Crippen LogP contribution is 2.36. The Hall–Kier alpha value is -2.31. The van der Waals surface area contributed by atoms with Gasteiger partial charge in [-0.25, -0.2) is 4.79 Å². The van der Waals surface area contributed by atoms with E-state index in [0.29, 0.717) is 13.1 Å². The molecule has 1 aliphatic heterocycles. The molecule has 160 valence electrons. The SMILES string of the molecule is CCCN(Cc1ccc(B2OC(C)(C)C(C)(C)O2)cc1)C(=O)OCc1ccccc1. The molecular formula is C24H32BNO4. The summed E-state index contributed by atoms with van der Waals surface area (Å²) in [6.45, 7) is 11.7. The van der Waals surface area contributed by atoms with E-state index in [9.17, 15) is 4.79 Å². The van der Waals surface area contributed by atoms with Crippen LogP contribution in [0.1, 0.15) is 52.2 Å². The van der Waals surface area contributed by atoms with Gasteiger partial charge in [0.25, 0.3) is 0 Å². The van der Waals surface area contributed by atoms with E-state index in [-0.39, 0.29) is 31.0 Å². The van der Waals surface area contributed by atoms with Crippen LogP contribution in [0.15, 0.2) is 54.6 Å². The molecule has 2 aromatic carbocycles. The summed E-state index contributed by atoms with van der Waals surface area (Å²) in [5.41, 5.74) is 2.27. The van der Waals surface area contributed by atoms with Gasteiger partial charge >= 0.3 is 13.2 Å². The molecule has 0 saturated carbocycles. The summed E-state index contributed by atoms with van der Waals surface area (Å²) in [6.07, 6.45) is 0.572. The van der Waals surface area contributed by atoms with E-state index in [1.54, 1.807) is 4.90 Å². The molecular weight excluding hydrogens is 377 g/mol. The Bertz CT molecular complexity index is 820.